The molecule has 0 fully saturated rings. The van der Waals surface area contributed by atoms with Gasteiger partial charge in [0.05, 0.1) is 11.6 Å². The molecule has 0 aromatic heterocycles. The smallest absolute Gasteiger partial charge is 0.172 e. The van der Waals surface area contributed by atoms with Gasteiger partial charge in [-0.25, -0.2) is 0 Å². The Balaban J connectivity index is 2.43. The normalized spacial score (nSPS) is 19.3. The summed E-state index contributed by atoms with van der Waals surface area (Å²) in [7, 11) is 0. The van der Waals surface area contributed by atoms with Crippen LogP contribution in [-0.2, 0) is 0 Å². The van der Waals surface area contributed by atoms with Crippen LogP contribution >= 0.6 is 23.8 Å². The van der Waals surface area contributed by atoms with E-state index in [-0.39, 0.29) is 11.9 Å². The number of halogens is 1. The molecule has 86 valence electrons. The number of thiocarbonyl (C=S) groups is 1. The van der Waals surface area contributed by atoms with E-state index in [0.717, 1.165) is 5.56 Å². The highest BCUT2D eigenvalue weighted by molar-refractivity contribution is 7.80. The second-order valence-corrected chi connectivity index (χ2v) is 4.37. The highest BCUT2D eigenvalue weighted by Crippen LogP contribution is 2.25. The molecule has 4 N–H and O–H groups in total. The Morgan fingerprint density at radius 1 is 1.35 bits per heavy atom. The van der Waals surface area contributed by atoms with Crippen molar-refractivity contribution in [1.82, 2.24) is 10.6 Å². The van der Waals surface area contributed by atoms with E-state index < -0.39 is 0 Å². The molecule has 6 heteroatoms. The van der Waals surface area contributed by atoms with Crippen LogP contribution in [0, 0.1) is 11.3 Å². The molecule has 0 saturated heterocycles. The van der Waals surface area contributed by atoms with E-state index in [1.165, 1.54) is 0 Å². The van der Waals surface area contributed by atoms with E-state index in [1.807, 2.05) is 12.1 Å². The Bertz CT molecular complexity index is 529. The topological polar surface area (TPSA) is 73.9 Å². The van der Waals surface area contributed by atoms with E-state index in [0.29, 0.717) is 15.7 Å². The van der Waals surface area contributed by atoms with E-state index in [9.17, 15) is 0 Å². The number of hydrogen-bond acceptors (Lipinski definition) is 3. The molecule has 0 aliphatic carbocycles. The molecule has 1 aromatic carbocycles. The zero-order valence-corrected chi connectivity index (χ0v) is 10.3. The van der Waals surface area contributed by atoms with Gasteiger partial charge in [0.2, 0.25) is 0 Å². The summed E-state index contributed by atoms with van der Waals surface area (Å²) in [4.78, 5) is 0. The lowest BCUT2D eigenvalue weighted by Crippen LogP contribution is -2.45. The van der Waals surface area contributed by atoms with Gasteiger partial charge in [-0.05, 0) is 29.9 Å². The average Bonchev–Trinajstić information content (AvgIpc) is 2.29. The third kappa shape index (κ3) is 2.33. The quantitative estimate of drug-likeness (QED) is 0.671. The number of nitrogens with two attached hydrogens (primary N) is 1. The number of nitrogens with zero attached hydrogens (tertiary/aromatic N) is 1. The fourth-order valence-electron chi connectivity index (χ4n) is 1.61. The SMILES string of the molecule is N#CC1=C(N)NC(=S)NC1c1ccc(Cl)cc1. The van der Waals surface area contributed by atoms with Gasteiger partial charge in [-0.1, -0.05) is 23.7 Å². The molecule has 1 unspecified atom stereocenters. The Hall–Kier alpha value is -1.77. The second kappa shape index (κ2) is 4.62. The molecular formula is C11H9ClN4S. The maximum atomic E-state index is 9.10. The summed E-state index contributed by atoms with van der Waals surface area (Å²) in [5, 5.41) is 15.9. The minimum absolute atomic E-state index is 0.288. The van der Waals surface area contributed by atoms with Gasteiger partial charge < -0.3 is 16.4 Å². The summed E-state index contributed by atoms with van der Waals surface area (Å²) < 4.78 is 0. The van der Waals surface area contributed by atoms with Gasteiger partial charge in [-0.15, -0.1) is 0 Å². The molecule has 0 radical (unpaired) electrons. The van der Waals surface area contributed by atoms with Crippen LogP contribution in [0.2, 0.25) is 5.02 Å². The average molecular weight is 265 g/mol. The van der Waals surface area contributed by atoms with E-state index in [2.05, 4.69) is 16.7 Å². The van der Waals surface area contributed by atoms with Gasteiger partial charge in [0.25, 0.3) is 0 Å². The summed E-state index contributed by atoms with van der Waals surface area (Å²) in [5.74, 6) is 0.288. The van der Waals surface area contributed by atoms with Crippen molar-refractivity contribution in [3.8, 4) is 6.07 Å². The predicted molar refractivity (Wildman–Crippen MR) is 69.9 cm³/mol. The van der Waals surface area contributed by atoms with Gasteiger partial charge >= 0.3 is 0 Å². The molecule has 1 aliphatic heterocycles. The summed E-state index contributed by atoms with van der Waals surface area (Å²) >= 11 is 10.8. The molecule has 0 bridgehead atoms. The third-order valence-electron chi connectivity index (χ3n) is 2.43. The van der Waals surface area contributed by atoms with Crippen LogP contribution in [0.4, 0.5) is 0 Å². The maximum absolute atomic E-state index is 9.10. The lowest BCUT2D eigenvalue weighted by Gasteiger charge is -2.27. The molecule has 1 aliphatic rings. The Labute approximate surface area is 109 Å². The first-order chi connectivity index (χ1) is 8.11. The van der Waals surface area contributed by atoms with Crippen LogP contribution in [0.1, 0.15) is 11.6 Å². The standard InChI is InChI=1S/C11H9ClN4S/c12-7-3-1-6(2-4-7)9-8(5-13)10(14)16-11(17)15-9/h1-4,9H,14H2,(H2,15,16,17). The van der Waals surface area contributed by atoms with Gasteiger partial charge in [-0.3, -0.25) is 0 Å². The number of benzene rings is 1. The summed E-state index contributed by atoms with van der Waals surface area (Å²) in [6, 6.07) is 8.93. The van der Waals surface area contributed by atoms with Crippen LogP contribution in [0.15, 0.2) is 35.7 Å². The van der Waals surface area contributed by atoms with Crippen molar-refractivity contribution in [3.63, 3.8) is 0 Å². The van der Waals surface area contributed by atoms with Gasteiger partial charge in [0, 0.05) is 5.02 Å². The second-order valence-electron chi connectivity index (χ2n) is 3.52. The highest BCUT2D eigenvalue weighted by Gasteiger charge is 2.25. The van der Waals surface area contributed by atoms with Crippen LogP contribution in [0.25, 0.3) is 0 Å². The molecule has 1 heterocycles. The molecule has 0 amide bonds. The van der Waals surface area contributed by atoms with Gasteiger partial charge in [0.1, 0.15) is 11.9 Å². The van der Waals surface area contributed by atoms with Crippen molar-refractivity contribution >= 4 is 28.9 Å². The summed E-state index contributed by atoms with van der Waals surface area (Å²) in [6.45, 7) is 0. The lowest BCUT2D eigenvalue weighted by atomic mass is 9.98. The largest absolute Gasteiger partial charge is 0.384 e. The Morgan fingerprint density at radius 2 is 2.00 bits per heavy atom. The number of hydrogen-bond donors (Lipinski definition) is 3. The zero-order valence-electron chi connectivity index (χ0n) is 8.70. The minimum atomic E-state index is -0.328. The molecule has 1 aromatic rings. The zero-order chi connectivity index (χ0) is 12.4. The van der Waals surface area contributed by atoms with E-state index in [1.54, 1.807) is 12.1 Å². The first-order valence-electron chi connectivity index (χ1n) is 4.84. The molecular weight excluding hydrogens is 256 g/mol. The molecule has 4 nitrogen and oxygen atoms in total. The van der Waals surface area contributed by atoms with Crippen molar-refractivity contribution in [3.05, 3.63) is 46.2 Å². The maximum Gasteiger partial charge on any atom is 0.172 e. The molecule has 2 rings (SSSR count). The summed E-state index contributed by atoms with van der Waals surface area (Å²) in [6.07, 6.45) is 0. The number of nitrogens with one attached hydrogen (secondary N) is 2. The minimum Gasteiger partial charge on any atom is -0.384 e. The first-order valence-corrected chi connectivity index (χ1v) is 5.63. The van der Waals surface area contributed by atoms with Crippen molar-refractivity contribution in [1.29, 1.82) is 5.26 Å². The fraction of sp³-hybridized carbons (Fsp3) is 0.0909. The van der Waals surface area contributed by atoms with Crippen LogP contribution in [0.3, 0.4) is 0 Å². The third-order valence-corrected chi connectivity index (χ3v) is 2.90. The predicted octanol–water partition coefficient (Wildman–Crippen LogP) is 1.55. The Kier molecular flexibility index (Phi) is 3.18. The first kappa shape index (κ1) is 11.7. The van der Waals surface area contributed by atoms with Crippen LogP contribution in [0.5, 0.6) is 0 Å². The van der Waals surface area contributed by atoms with Crippen molar-refractivity contribution in [2.75, 3.05) is 0 Å². The van der Waals surface area contributed by atoms with E-state index >= 15 is 0 Å². The molecule has 0 spiro atoms. The number of rotatable bonds is 1. The van der Waals surface area contributed by atoms with E-state index in [4.69, 9.17) is 34.8 Å². The molecule has 1 atom stereocenters. The monoisotopic (exact) mass is 264 g/mol. The van der Waals surface area contributed by atoms with Gasteiger partial charge in [0.15, 0.2) is 5.11 Å². The highest BCUT2D eigenvalue weighted by atomic mass is 35.5. The van der Waals surface area contributed by atoms with Crippen LogP contribution < -0.4 is 16.4 Å². The van der Waals surface area contributed by atoms with Crippen LogP contribution in [-0.4, -0.2) is 5.11 Å². The molecule has 17 heavy (non-hydrogen) atoms. The number of nitriles is 1. The Morgan fingerprint density at radius 3 is 2.59 bits per heavy atom. The van der Waals surface area contributed by atoms with Crippen molar-refractivity contribution in [2.45, 2.75) is 6.04 Å². The van der Waals surface area contributed by atoms with Gasteiger partial charge in [-0.2, -0.15) is 5.26 Å². The lowest BCUT2D eigenvalue weighted by molar-refractivity contribution is 0.706. The summed E-state index contributed by atoms with van der Waals surface area (Å²) in [5.41, 5.74) is 7.03. The molecule has 0 saturated carbocycles. The van der Waals surface area contributed by atoms with Crippen molar-refractivity contribution < 1.29 is 0 Å². The van der Waals surface area contributed by atoms with Crippen molar-refractivity contribution in [2.24, 2.45) is 5.73 Å². The fourth-order valence-corrected chi connectivity index (χ4v) is 1.97.